The lowest BCUT2D eigenvalue weighted by atomic mass is 9.87. The number of carboxylic acid groups (broad SMARTS) is 1. The molecule has 3 aromatic carbocycles. The van der Waals surface area contributed by atoms with E-state index in [4.69, 9.17) is 14.6 Å². The van der Waals surface area contributed by atoms with Crippen LogP contribution in [-0.4, -0.2) is 17.7 Å². The van der Waals surface area contributed by atoms with Crippen LogP contribution in [0.15, 0.2) is 66.7 Å². The summed E-state index contributed by atoms with van der Waals surface area (Å²) in [5.41, 5.74) is 5.32. The highest BCUT2D eigenvalue weighted by atomic mass is 16.5. The van der Waals surface area contributed by atoms with Gasteiger partial charge in [-0.15, -0.1) is 0 Å². The lowest BCUT2D eigenvalue weighted by Crippen LogP contribution is -2.08. The van der Waals surface area contributed by atoms with E-state index in [0.29, 0.717) is 24.9 Å². The second-order valence-electron chi connectivity index (χ2n) is 7.63. The summed E-state index contributed by atoms with van der Waals surface area (Å²) in [7, 11) is 0. The number of ether oxygens (including phenoxy) is 2. The summed E-state index contributed by atoms with van der Waals surface area (Å²) in [6.07, 6.45) is 3.06. The van der Waals surface area contributed by atoms with E-state index in [1.54, 1.807) is 24.3 Å². The summed E-state index contributed by atoms with van der Waals surface area (Å²) >= 11 is 0. The summed E-state index contributed by atoms with van der Waals surface area (Å²) in [6, 6.07) is 21.6. The number of aromatic carboxylic acids is 1. The maximum atomic E-state index is 10.9. The molecule has 4 heteroatoms. The minimum Gasteiger partial charge on any atom is -0.494 e. The molecule has 0 radical (unpaired) electrons. The van der Waals surface area contributed by atoms with Crippen molar-refractivity contribution in [2.45, 2.75) is 38.7 Å². The quantitative estimate of drug-likeness (QED) is 0.449. The summed E-state index contributed by atoms with van der Waals surface area (Å²) < 4.78 is 11.7. The molecule has 1 N–H and O–H groups in total. The number of hydrogen-bond donors (Lipinski definition) is 1. The van der Waals surface area contributed by atoms with Crippen LogP contribution in [0.1, 0.15) is 53.6 Å². The monoisotopic (exact) mass is 402 g/mol. The van der Waals surface area contributed by atoms with Crippen molar-refractivity contribution in [1.82, 2.24) is 0 Å². The van der Waals surface area contributed by atoms with Gasteiger partial charge in [0.25, 0.3) is 0 Å². The van der Waals surface area contributed by atoms with Gasteiger partial charge < -0.3 is 14.6 Å². The van der Waals surface area contributed by atoms with Crippen LogP contribution in [0.3, 0.4) is 0 Å². The van der Waals surface area contributed by atoms with Crippen LogP contribution in [0.25, 0.3) is 11.1 Å². The third-order valence-electron chi connectivity index (χ3n) is 5.73. The van der Waals surface area contributed by atoms with Gasteiger partial charge >= 0.3 is 5.97 Å². The minimum absolute atomic E-state index is 0.271. The predicted octanol–water partition coefficient (Wildman–Crippen LogP) is 6.30. The Morgan fingerprint density at radius 3 is 2.63 bits per heavy atom. The van der Waals surface area contributed by atoms with Crippen molar-refractivity contribution in [2.24, 2.45) is 0 Å². The van der Waals surface area contributed by atoms with Crippen molar-refractivity contribution in [3.05, 3.63) is 83.4 Å². The third kappa shape index (κ3) is 4.33. The lowest BCUT2D eigenvalue weighted by Gasteiger charge is -2.23. The number of benzene rings is 3. The van der Waals surface area contributed by atoms with Crippen LogP contribution in [0, 0.1) is 0 Å². The van der Waals surface area contributed by atoms with Crippen LogP contribution in [0.4, 0.5) is 0 Å². The normalized spacial score (nSPS) is 13.0. The molecule has 30 heavy (non-hydrogen) atoms. The molecule has 0 saturated carbocycles. The van der Waals surface area contributed by atoms with Gasteiger partial charge in [0, 0.05) is 5.56 Å². The summed E-state index contributed by atoms with van der Waals surface area (Å²) in [5.74, 6) is 1.21. The largest absolute Gasteiger partial charge is 0.494 e. The Labute approximate surface area is 177 Å². The number of rotatable bonds is 8. The number of carboxylic acids is 1. The number of hydrogen-bond acceptors (Lipinski definition) is 3. The molecule has 3 aromatic rings. The Kier molecular flexibility index (Phi) is 6.03. The first kappa shape index (κ1) is 20.0. The van der Waals surface area contributed by atoms with Gasteiger partial charge in [0.1, 0.15) is 18.1 Å². The zero-order valence-electron chi connectivity index (χ0n) is 17.1. The van der Waals surface area contributed by atoms with Crippen molar-refractivity contribution >= 4 is 5.97 Å². The molecule has 0 aromatic heterocycles. The highest BCUT2D eigenvalue weighted by molar-refractivity contribution is 5.87. The van der Waals surface area contributed by atoms with E-state index in [1.165, 1.54) is 22.3 Å². The average Bonchev–Trinajstić information content (AvgIpc) is 2.79. The highest BCUT2D eigenvalue weighted by Crippen LogP contribution is 2.39. The number of fused-ring (bicyclic) bond motifs is 3. The van der Waals surface area contributed by atoms with E-state index in [1.807, 2.05) is 12.1 Å². The Hall–Kier alpha value is -3.27. The van der Waals surface area contributed by atoms with Gasteiger partial charge in [-0.05, 0) is 72.2 Å². The zero-order chi connectivity index (χ0) is 20.9. The van der Waals surface area contributed by atoms with Crippen molar-refractivity contribution in [3.63, 3.8) is 0 Å². The molecule has 154 valence electrons. The molecule has 0 amide bonds. The molecule has 0 saturated heterocycles. The van der Waals surface area contributed by atoms with Crippen LogP contribution in [-0.2, 0) is 6.61 Å². The molecule has 1 heterocycles. The highest BCUT2D eigenvalue weighted by Gasteiger charge is 2.19. The first-order valence-corrected chi connectivity index (χ1v) is 10.5. The van der Waals surface area contributed by atoms with Gasteiger partial charge in [-0.1, -0.05) is 43.3 Å². The minimum atomic E-state index is -0.924. The van der Waals surface area contributed by atoms with Crippen LogP contribution in [0.2, 0.25) is 0 Å². The Morgan fingerprint density at radius 1 is 1.07 bits per heavy atom. The van der Waals surface area contributed by atoms with E-state index in [2.05, 4.69) is 37.3 Å². The zero-order valence-corrected chi connectivity index (χ0v) is 17.1. The number of carbonyl (C=O) groups is 1. The van der Waals surface area contributed by atoms with Crippen LogP contribution in [0.5, 0.6) is 11.5 Å². The summed E-state index contributed by atoms with van der Waals surface area (Å²) in [5, 5.41) is 8.97. The first-order valence-electron chi connectivity index (χ1n) is 10.5. The Bertz CT molecular complexity index is 1020. The fourth-order valence-electron chi connectivity index (χ4n) is 4.02. The smallest absolute Gasteiger partial charge is 0.335 e. The molecular formula is C26H26O4. The van der Waals surface area contributed by atoms with Gasteiger partial charge in [-0.2, -0.15) is 0 Å². The van der Waals surface area contributed by atoms with E-state index >= 15 is 0 Å². The fraction of sp³-hybridized carbons (Fsp3) is 0.269. The maximum Gasteiger partial charge on any atom is 0.335 e. The molecule has 4 rings (SSSR count). The lowest BCUT2D eigenvalue weighted by molar-refractivity contribution is 0.0697. The van der Waals surface area contributed by atoms with E-state index < -0.39 is 5.97 Å². The van der Waals surface area contributed by atoms with Crippen LogP contribution >= 0.6 is 0 Å². The van der Waals surface area contributed by atoms with Crippen molar-refractivity contribution in [1.29, 1.82) is 0 Å². The second-order valence-corrected chi connectivity index (χ2v) is 7.63. The Balaban J connectivity index is 1.38. The maximum absolute atomic E-state index is 10.9. The topological polar surface area (TPSA) is 55.8 Å². The molecule has 4 nitrogen and oxygen atoms in total. The Morgan fingerprint density at radius 2 is 1.87 bits per heavy atom. The van der Waals surface area contributed by atoms with E-state index in [0.717, 1.165) is 25.0 Å². The van der Waals surface area contributed by atoms with Crippen molar-refractivity contribution < 1.29 is 19.4 Å². The number of para-hydroxylation sites is 1. The first-order chi connectivity index (χ1) is 14.7. The average molecular weight is 402 g/mol. The standard InChI is InChI=1S/C26H26O4/c1-2-18(6-5-15-29-22-13-11-19(12-14-22)26(27)28)20-9-10-21-17-30-25-8-4-3-7-23(25)24(21)16-20/h3-4,7-14,16,18H,2,5-6,15,17H2,1H3,(H,27,28). The molecule has 1 aliphatic rings. The fourth-order valence-corrected chi connectivity index (χ4v) is 4.02. The molecule has 1 aliphatic heterocycles. The molecule has 0 aliphatic carbocycles. The molecule has 1 atom stereocenters. The molecular weight excluding hydrogens is 376 g/mol. The van der Waals surface area contributed by atoms with Crippen LogP contribution < -0.4 is 9.47 Å². The molecule has 0 bridgehead atoms. The van der Waals surface area contributed by atoms with Gasteiger partial charge in [0.05, 0.1) is 12.2 Å². The van der Waals surface area contributed by atoms with E-state index in [-0.39, 0.29) is 5.56 Å². The summed E-state index contributed by atoms with van der Waals surface area (Å²) in [6.45, 7) is 3.47. The molecule has 0 fully saturated rings. The van der Waals surface area contributed by atoms with Crippen molar-refractivity contribution in [2.75, 3.05) is 6.61 Å². The van der Waals surface area contributed by atoms with Gasteiger partial charge in [-0.25, -0.2) is 4.79 Å². The van der Waals surface area contributed by atoms with Gasteiger partial charge in [0.15, 0.2) is 0 Å². The SMILES string of the molecule is CCC(CCCOc1ccc(C(=O)O)cc1)c1ccc2c(c1)-c1ccccc1OC2. The third-order valence-corrected chi connectivity index (χ3v) is 5.73. The van der Waals surface area contributed by atoms with Crippen molar-refractivity contribution in [3.8, 4) is 22.6 Å². The van der Waals surface area contributed by atoms with E-state index in [9.17, 15) is 4.79 Å². The molecule has 0 spiro atoms. The van der Waals surface area contributed by atoms with Gasteiger partial charge in [0.2, 0.25) is 0 Å². The van der Waals surface area contributed by atoms with Gasteiger partial charge in [-0.3, -0.25) is 0 Å². The molecule has 1 unspecified atom stereocenters. The predicted molar refractivity (Wildman–Crippen MR) is 117 cm³/mol. The second kappa shape index (κ2) is 9.04. The summed E-state index contributed by atoms with van der Waals surface area (Å²) in [4.78, 5) is 10.9.